The number of halogens is 1. The molecule has 0 saturated heterocycles. The molecule has 0 aliphatic heterocycles. The fraction of sp³-hybridized carbons (Fsp3) is 0.278. The molecule has 0 fully saturated rings. The normalized spacial score (nSPS) is 12.6. The van der Waals surface area contributed by atoms with Crippen LogP contribution in [-0.4, -0.2) is 27.1 Å². The number of carbonyl (C=O) groups excluding carboxylic acids is 1. The summed E-state index contributed by atoms with van der Waals surface area (Å²) in [6, 6.07) is 12.7. The fourth-order valence-corrected chi connectivity index (χ4v) is 2.90. The van der Waals surface area contributed by atoms with Crippen LogP contribution < -0.4 is 10.6 Å². The maximum Gasteiger partial charge on any atom is 0.234 e. The van der Waals surface area contributed by atoms with Crippen LogP contribution in [0.3, 0.4) is 0 Å². The Bertz CT molecular complexity index is 836. The third kappa shape index (κ3) is 5.65. The van der Waals surface area contributed by atoms with Crippen molar-refractivity contribution in [1.29, 1.82) is 0 Å². The molecule has 0 unspecified atom stereocenters. The zero-order valence-electron chi connectivity index (χ0n) is 14.1. The molecule has 2 N–H and O–H groups in total. The van der Waals surface area contributed by atoms with Gasteiger partial charge in [0.15, 0.2) is 9.84 Å². The Kier molecular flexibility index (Phi) is 6.27. The van der Waals surface area contributed by atoms with Gasteiger partial charge >= 0.3 is 0 Å². The van der Waals surface area contributed by atoms with Gasteiger partial charge in [-0.15, -0.1) is 0 Å². The van der Waals surface area contributed by atoms with Gasteiger partial charge in [0.1, 0.15) is 5.82 Å². The van der Waals surface area contributed by atoms with Crippen LogP contribution in [0.2, 0.25) is 0 Å². The van der Waals surface area contributed by atoms with Crippen molar-refractivity contribution in [2.45, 2.75) is 24.4 Å². The molecule has 0 spiro atoms. The number of sulfone groups is 1. The Hall–Kier alpha value is -2.25. The lowest BCUT2D eigenvalue weighted by Gasteiger charge is -2.14. The Morgan fingerprint density at radius 3 is 2.36 bits per heavy atom. The summed E-state index contributed by atoms with van der Waals surface area (Å²) in [5, 5.41) is 5.71. The molecule has 0 saturated carbocycles. The van der Waals surface area contributed by atoms with E-state index >= 15 is 0 Å². The van der Waals surface area contributed by atoms with Gasteiger partial charge in [-0.25, -0.2) is 12.8 Å². The Labute approximate surface area is 147 Å². The highest BCUT2D eigenvalue weighted by molar-refractivity contribution is 7.90. The lowest BCUT2D eigenvalue weighted by atomic mass is 10.1. The van der Waals surface area contributed by atoms with Gasteiger partial charge in [0.2, 0.25) is 5.91 Å². The highest BCUT2D eigenvalue weighted by atomic mass is 32.2. The Morgan fingerprint density at radius 2 is 1.76 bits per heavy atom. The van der Waals surface area contributed by atoms with Crippen LogP contribution in [0.15, 0.2) is 53.4 Å². The van der Waals surface area contributed by atoms with Crippen molar-refractivity contribution in [3.8, 4) is 0 Å². The molecule has 5 nitrogen and oxygen atoms in total. The van der Waals surface area contributed by atoms with E-state index in [0.29, 0.717) is 5.56 Å². The van der Waals surface area contributed by atoms with Gasteiger partial charge < -0.3 is 10.6 Å². The SMILES string of the molecule is C[C@@H](NCC(=O)NCc1ccccc1F)c1ccc(S(C)(=O)=O)cc1. The first-order valence-corrected chi connectivity index (χ1v) is 9.70. The summed E-state index contributed by atoms with van der Waals surface area (Å²) in [5.41, 5.74) is 1.30. The first-order chi connectivity index (χ1) is 11.8. The van der Waals surface area contributed by atoms with Crippen LogP contribution in [-0.2, 0) is 21.2 Å². The summed E-state index contributed by atoms with van der Waals surface area (Å²) < 4.78 is 36.4. The molecule has 2 rings (SSSR count). The fourth-order valence-electron chi connectivity index (χ4n) is 2.27. The molecule has 0 bridgehead atoms. The van der Waals surface area contributed by atoms with Crippen molar-refractivity contribution in [3.63, 3.8) is 0 Å². The Morgan fingerprint density at radius 1 is 1.12 bits per heavy atom. The predicted molar refractivity (Wildman–Crippen MR) is 94.2 cm³/mol. The van der Waals surface area contributed by atoms with Gasteiger partial charge in [-0.1, -0.05) is 30.3 Å². The van der Waals surface area contributed by atoms with Crippen molar-refractivity contribution < 1.29 is 17.6 Å². The third-order valence-electron chi connectivity index (χ3n) is 3.81. The number of benzene rings is 2. The molecule has 1 amide bonds. The quantitative estimate of drug-likeness (QED) is 0.790. The largest absolute Gasteiger partial charge is 0.351 e. The van der Waals surface area contributed by atoms with Crippen LogP contribution >= 0.6 is 0 Å². The summed E-state index contributed by atoms with van der Waals surface area (Å²) in [6.45, 7) is 2.08. The number of hydrogen-bond acceptors (Lipinski definition) is 4. The molecular formula is C18H21FN2O3S. The molecule has 0 radical (unpaired) electrons. The molecule has 2 aromatic carbocycles. The maximum absolute atomic E-state index is 13.5. The number of nitrogens with one attached hydrogen (secondary N) is 2. The second-order valence-corrected chi connectivity index (χ2v) is 7.83. The molecule has 134 valence electrons. The van der Waals surface area contributed by atoms with E-state index in [-0.39, 0.29) is 35.8 Å². The standard InChI is InChI=1S/C18H21FN2O3S/c1-13(14-7-9-16(10-8-14)25(2,23)24)20-12-18(22)21-11-15-5-3-4-6-17(15)19/h3-10,13,20H,11-12H2,1-2H3,(H,21,22)/t13-/m1/s1. The van der Waals surface area contributed by atoms with Crippen molar-refractivity contribution in [2.24, 2.45) is 0 Å². The van der Waals surface area contributed by atoms with Gasteiger partial charge in [0.05, 0.1) is 11.4 Å². The molecule has 7 heteroatoms. The van der Waals surface area contributed by atoms with Crippen LogP contribution in [0.4, 0.5) is 4.39 Å². The minimum absolute atomic E-state index is 0.0729. The molecule has 0 aliphatic rings. The average Bonchev–Trinajstić information content (AvgIpc) is 2.58. The molecule has 0 aliphatic carbocycles. The smallest absolute Gasteiger partial charge is 0.234 e. The second-order valence-electron chi connectivity index (χ2n) is 5.81. The summed E-state index contributed by atoms with van der Waals surface area (Å²) >= 11 is 0. The predicted octanol–water partition coefficient (Wildman–Crippen LogP) is 2.20. The van der Waals surface area contributed by atoms with Gasteiger partial charge in [-0.3, -0.25) is 4.79 Å². The third-order valence-corrected chi connectivity index (χ3v) is 4.94. The van der Waals surface area contributed by atoms with Crippen molar-refractivity contribution in [1.82, 2.24) is 10.6 Å². The van der Waals surface area contributed by atoms with Crippen molar-refractivity contribution in [2.75, 3.05) is 12.8 Å². The molecular weight excluding hydrogens is 343 g/mol. The Balaban J connectivity index is 1.84. The summed E-state index contributed by atoms with van der Waals surface area (Å²) in [6.07, 6.45) is 1.16. The lowest BCUT2D eigenvalue weighted by Crippen LogP contribution is -2.34. The molecule has 25 heavy (non-hydrogen) atoms. The number of carbonyl (C=O) groups is 1. The minimum atomic E-state index is -3.22. The van der Waals surface area contributed by atoms with Crippen molar-refractivity contribution >= 4 is 15.7 Å². The maximum atomic E-state index is 13.5. The van der Waals surface area contributed by atoms with E-state index in [1.54, 1.807) is 42.5 Å². The van der Waals surface area contributed by atoms with Gasteiger partial charge in [-0.05, 0) is 30.7 Å². The van der Waals surface area contributed by atoms with Crippen LogP contribution in [0.25, 0.3) is 0 Å². The molecule has 0 aromatic heterocycles. The number of hydrogen-bond donors (Lipinski definition) is 2. The van der Waals surface area contributed by atoms with Gasteiger partial charge in [-0.2, -0.15) is 0 Å². The van der Waals surface area contributed by atoms with Gasteiger partial charge in [0, 0.05) is 24.4 Å². The minimum Gasteiger partial charge on any atom is -0.351 e. The van der Waals surface area contributed by atoms with Crippen molar-refractivity contribution in [3.05, 3.63) is 65.5 Å². The zero-order valence-corrected chi connectivity index (χ0v) is 14.9. The van der Waals surface area contributed by atoms with E-state index in [1.807, 2.05) is 6.92 Å². The van der Waals surface area contributed by atoms with E-state index in [0.717, 1.165) is 11.8 Å². The van der Waals surface area contributed by atoms with Crippen LogP contribution in [0.1, 0.15) is 24.1 Å². The monoisotopic (exact) mass is 364 g/mol. The zero-order chi connectivity index (χ0) is 18.4. The summed E-state index contributed by atoms with van der Waals surface area (Å²) in [5.74, 6) is -0.599. The topological polar surface area (TPSA) is 75.3 Å². The highest BCUT2D eigenvalue weighted by Crippen LogP contribution is 2.16. The van der Waals surface area contributed by atoms with E-state index in [4.69, 9.17) is 0 Å². The molecule has 2 aromatic rings. The summed E-state index contributed by atoms with van der Waals surface area (Å²) in [7, 11) is -3.22. The summed E-state index contributed by atoms with van der Waals surface area (Å²) in [4.78, 5) is 12.1. The average molecular weight is 364 g/mol. The van der Waals surface area contributed by atoms with Gasteiger partial charge in [0.25, 0.3) is 0 Å². The van der Waals surface area contributed by atoms with E-state index in [2.05, 4.69) is 10.6 Å². The van der Waals surface area contributed by atoms with E-state index in [9.17, 15) is 17.6 Å². The van der Waals surface area contributed by atoms with E-state index < -0.39 is 9.84 Å². The van der Waals surface area contributed by atoms with Crippen LogP contribution in [0, 0.1) is 5.82 Å². The lowest BCUT2D eigenvalue weighted by molar-refractivity contribution is -0.120. The first-order valence-electron chi connectivity index (χ1n) is 7.81. The number of rotatable bonds is 7. The first kappa shape index (κ1) is 19.1. The highest BCUT2D eigenvalue weighted by Gasteiger charge is 2.11. The molecule has 0 heterocycles. The van der Waals surface area contributed by atoms with E-state index in [1.165, 1.54) is 6.07 Å². The van der Waals surface area contributed by atoms with Crippen LogP contribution in [0.5, 0.6) is 0 Å². The second kappa shape index (κ2) is 8.22. The number of amides is 1. The molecule has 1 atom stereocenters.